The minimum absolute atomic E-state index is 0. The predicted octanol–water partition coefficient (Wildman–Crippen LogP) is -2.06. The number of hydrogen-bond donors (Lipinski definition) is 0. The monoisotopic (exact) mass is 284 g/mol. The second-order valence-corrected chi connectivity index (χ2v) is 13.2. The van der Waals surface area contributed by atoms with Crippen molar-refractivity contribution in [1.29, 1.82) is 0 Å². The molecule has 0 aromatic heterocycles. The van der Waals surface area contributed by atoms with E-state index in [1.807, 2.05) is 0 Å². The van der Waals surface area contributed by atoms with Crippen LogP contribution in [0.5, 0.6) is 0 Å². The van der Waals surface area contributed by atoms with Crippen LogP contribution < -0.4 is 0 Å². The molecule has 9 heteroatoms. The fourth-order valence-corrected chi connectivity index (χ4v) is 0. The molecule has 0 spiro atoms. The van der Waals surface area contributed by atoms with Gasteiger partial charge in [0.1, 0.15) is 0 Å². The Kier molecular flexibility index (Phi) is 166. The van der Waals surface area contributed by atoms with E-state index in [-0.39, 0.29) is 27.4 Å². The number of rotatable bonds is 0. The summed E-state index contributed by atoms with van der Waals surface area (Å²) in [4.78, 5) is 0. The van der Waals surface area contributed by atoms with Gasteiger partial charge in [-0.1, -0.05) is 0 Å². The summed E-state index contributed by atoms with van der Waals surface area (Å²) in [5.41, 5.74) is 0. The molecular formula is H10Cl3O5Y. The standard InChI is InChI=1S/3ClH.5H2O.Y/h3*1H;5*1H2;/q;;;;;;;;+3/p-3. The molecule has 0 heterocycles. The van der Waals surface area contributed by atoms with Crippen molar-refractivity contribution in [3.8, 4) is 0 Å². The normalized spacial score (nSPS) is 3.00. The van der Waals surface area contributed by atoms with Crippen molar-refractivity contribution in [2.45, 2.75) is 0 Å². The van der Waals surface area contributed by atoms with Gasteiger partial charge < -0.3 is 27.4 Å². The molecule has 0 fully saturated rings. The molecule has 0 saturated carbocycles. The van der Waals surface area contributed by atoms with Crippen LogP contribution in [0.1, 0.15) is 0 Å². The first-order chi connectivity index (χ1) is 1.73. The Morgan fingerprint density at radius 1 is 0.556 bits per heavy atom. The van der Waals surface area contributed by atoms with Crippen LogP contribution in [0.2, 0.25) is 0 Å². The molecule has 0 saturated heterocycles. The van der Waals surface area contributed by atoms with E-state index in [4.69, 9.17) is 22.0 Å². The van der Waals surface area contributed by atoms with Gasteiger partial charge in [0.25, 0.3) is 0 Å². The minimum atomic E-state index is -2.22. The molecule has 5 nitrogen and oxygen atoms in total. The molecule has 0 unspecified atom stereocenters. The zero-order chi connectivity index (χ0) is 3.58. The molecule has 0 atom stereocenters. The van der Waals surface area contributed by atoms with Gasteiger partial charge in [0.15, 0.2) is 0 Å². The third-order valence-corrected chi connectivity index (χ3v) is 0. The SMILES string of the molecule is O.O.O.O.O.[Cl][Y]([Cl])[Cl]. The third-order valence-electron chi connectivity index (χ3n) is 0. The van der Waals surface area contributed by atoms with Crippen molar-refractivity contribution < 1.29 is 50.7 Å². The van der Waals surface area contributed by atoms with E-state index in [9.17, 15) is 0 Å². The summed E-state index contributed by atoms with van der Waals surface area (Å²) in [6, 6.07) is 0. The van der Waals surface area contributed by atoms with Crippen molar-refractivity contribution in [2.24, 2.45) is 0 Å². The summed E-state index contributed by atoms with van der Waals surface area (Å²) in [5.74, 6) is 0. The van der Waals surface area contributed by atoms with E-state index in [1.54, 1.807) is 0 Å². The quantitative estimate of drug-likeness (QED) is 0.479. The van der Waals surface area contributed by atoms with Gasteiger partial charge in [-0.05, 0) is 0 Å². The molecular weight excluding hydrogens is 275 g/mol. The van der Waals surface area contributed by atoms with E-state index < -0.39 is 23.3 Å². The fourth-order valence-electron chi connectivity index (χ4n) is 0. The second kappa shape index (κ2) is 33.0. The van der Waals surface area contributed by atoms with Gasteiger partial charge in [-0.2, -0.15) is 0 Å². The van der Waals surface area contributed by atoms with Crippen molar-refractivity contribution in [1.82, 2.24) is 0 Å². The van der Waals surface area contributed by atoms with E-state index in [0.29, 0.717) is 0 Å². The van der Waals surface area contributed by atoms with Gasteiger partial charge in [-0.25, -0.2) is 0 Å². The van der Waals surface area contributed by atoms with Crippen LogP contribution in [0.15, 0.2) is 0 Å². The second-order valence-electron chi connectivity index (χ2n) is 0.247. The van der Waals surface area contributed by atoms with Crippen molar-refractivity contribution in [3.05, 3.63) is 0 Å². The van der Waals surface area contributed by atoms with Crippen LogP contribution in [0.4, 0.5) is 0 Å². The van der Waals surface area contributed by atoms with Crippen LogP contribution >= 0.6 is 22.0 Å². The topological polar surface area (TPSA) is 158 Å². The van der Waals surface area contributed by atoms with Gasteiger partial charge in [0.05, 0.1) is 0 Å². The average molecular weight is 285 g/mol. The Bertz CT molecular complexity index is 16.9. The average Bonchev–Trinajstić information content (AvgIpc) is 0.811. The summed E-state index contributed by atoms with van der Waals surface area (Å²) >= 11 is -2.22. The Morgan fingerprint density at radius 3 is 0.556 bits per heavy atom. The van der Waals surface area contributed by atoms with Crippen LogP contribution in [0.3, 0.4) is 0 Å². The third kappa shape index (κ3) is 188. The molecule has 0 rings (SSSR count). The molecule has 0 aromatic carbocycles. The maximum atomic E-state index is 5.02. The van der Waals surface area contributed by atoms with Crippen LogP contribution in [0, 0.1) is 0 Å². The van der Waals surface area contributed by atoms with E-state index in [0.717, 1.165) is 0 Å². The summed E-state index contributed by atoms with van der Waals surface area (Å²) in [6.45, 7) is 0. The van der Waals surface area contributed by atoms with Crippen LogP contribution in [-0.4, -0.2) is 27.4 Å². The summed E-state index contributed by atoms with van der Waals surface area (Å²) in [5, 5.41) is 0. The van der Waals surface area contributed by atoms with E-state index in [2.05, 4.69) is 0 Å². The Labute approximate surface area is 72.0 Å². The molecule has 0 aliphatic rings. The Hall–Kier alpha value is 1.77. The van der Waals surface area contributed by atoms with Gasteiger partial charge in [0.2, 0.25) is 0 Å². The van der Waals surface area contributed by atoms with Crippen LogP contribution in [-0.2, 0) is 23.3 Å². The van der Waals surface area contributed by atoms with E-state index >= 15 is 0 Å². The van der Waals surface area contributed by atoms with Gasteiger partial charge in [-0.3, -0.25) is 0 Å². The maximum absolute atomic E-state index is 5.02. The summed E-state index contributed by atoms with van der Waals surface area (Å²) < 4.78 is 0. The molecule has 0 radical (unpaired) electrons. The molecule has 0 aliphatic heterocycles. The first kappa shape index (κ1) is 45.2. The van der Waals surface area contributed by atoms with Crippen LogP contribution in [0.25, 0.3) is 0 Å². The molecule has 64 valence electrons. The number of hydrogen-bond acceptors (Lipinski definition) is 0. The summed E-state index contributed by atoms with van der Waals surface area (Å²) in [6.07, 6.45) is 0. The zero-order valence-electron chi connectivity index (χ0n) is 4.21. The molecule has 9 heavy (non-hydrogen) atoms. The molecule has 0 aliphatic carbocycles. The molecule has 0 aromatic rings. The summed E-state index contributed by atoms with van der Waals surface area (Å²) in [7, 11) is 15.0. The molecule has 0 bridgehead atoms. The first-order valence-electron chi connectivity index (χ1n) is 0.655. The first-order valence-corrected chi connectivity index (χ1v) is 11.6. The molecule has 0 amide bonds. The number of halogens is 3. The zero-order valence-corrected chi connectivity index (χ0v) is 9.32. The Balaban J connectivity index is -0.00000000450. The van der Waals surface area contributed by atoms with Crippen molar-refractivity contribution in [3.63, 3.8) is 0 Å². The van der Waals surface area contributed by atoms with Crippen molar-refractivity contribution >= 4 is 22.0 Å². The fraction of sp³-hybridized carbons (Fsp3) is 0. The van der Waals surface area contributed by atoms with E-state index in [1.165, 1.54) is 0 Å². The van der Waals surface area contributed by atoms with Crippen molar-refractivity contribution in [2.75, 3.05) is 0 Å². The predicted molar refractivity (Wildman–Crippen MR) is 35.6 cm³/mol. The Morgan fingerprint density at radius 2 is 0.556 bits per heavy atom. The van der Waals surface area contributed by atoms with Gasteiger partial charge >= 0.3 is 45.3 Å². The molecule has 10 N–H and O–H groups in total. The van der Waals surface area contributed by atoms with Gasteiger partial charge in [-0.15, -0.1) is 0 Å². The van der Waals surface area contributed by atoms with Gasteiger partial charge in [0, 0.05) is 0 Å².